The second-order valence-electron chi connectivity index (χ2n) is 5.15. The second kappa shape index (κ2) is 5.42. The smallest absolute Gasteiger partial charge is 0.224 e. The van der Waals surface area contributed by atoms with Gasteiger partial charge in [-0.1, -0.05) is 13.0 Å². The van der Waals surface area contributed by atoms with Crippen LogP contribution in [0.15, 0.2) is 18.2 Å². The first-order chi connectivity index (χ1) is 8.61. The molecule has 1 fully saturated rings. The van der Waals surface area contributed by atoms with Crippen LogP contribution >= 0.6 is 0 Å². The van der Waals surface area contributed by atoms with Crippen molar-refractivity contribution in [2.75, 3.05) is 10.6 Å². The zero-order chi connectivity index (χ0) is 13.1. The minimum Gasteiger partial charge on any atom is -0.382 e. The Bertz CT molecular complexity index is 438. The van der Waals surface area contributed by atoms with Crippen molar-refractivity contribution in [3.8, 4) is 0 Å². The Hall–Kier alpha value is -1.51. The number of benzene rings is 1. The minimum absolute atomic E-state index is 0.0606. The molecule has 1 aromatic rings. The van der Waals surface area contributed by atoms with Gasteiger partial charge in [0.25, 0.3) is 0 Å². The van der Waals surface area contributed by atoms with Crippen molar-refractivity contribution in [2.45, 2.75) is 46.1 Å². The predicted molar refractivity (Wildman–Crippen MR) is 75.9 cm³/mol. The molecule has 2 rings (SSSR count). The summed E-state index contributed by atoms with van der Waals surface area (Å²) < 4.78 is 0. The zero-order valence-corrected chi connectivity index (χ0v) is 11.4. The third-order valence-electron chi connectivity index (χ3n) is 3.64. The molecule has 1 amide bonds. The van der Waals surface area contributed by atoms with Gasteiger partial charge in [0.15, 0.2) is 0 Å². The van der Waals surface area contributed by atoms with Gasteiger partial charge in [0.05, 0.1) is 0 Å². The van der Waals surface area contributed by atoms with Crippen LogP contribution in [-0.2, 0) is 4.79 Å². The van der Waals surface area contributed by atoms with Gasteiger partial charge >= 0.3 is 0 Å². The molecule has 0 radical (unpaired) electrons. The lowest BCUT2D eigenvalue weighted by Crippen LogP contribution is -2.18. The number of carbonyl (C=O) groups excluding carboxylic acids is 1. The maximum atomic E-state index is 11.5. The molecule has 0 aromatic heterocycles. The fraction of sp³-hybridized carbons (Fsp3) is 0.533. The van der Waals surface area contributed by atoms with E-state index >= 15 is 0 Å². The molecule has 1 saturated carbocycles. The van der Waals surface area contributed by atoms with Crippen molar-refractivity contribution in [3.05, 3.63) is 23.8 Å². The van der Waals surface area contributed by atoms with Gasteiger partial charge in [-0.15, -0.1) is 0 Å². The van der Waals surface area contributed by atoms with E-state index in [0.29, 0.717) is 12.5 Å². The van der Waals surface area contributed by atoms with Crippen LogP contribution in [0.25, 0.3) is 0 Å². The summed E-state index contributed by atoms with van der Waals surface area (Å²) in [4.78, 5) is 11.5. The first-order valence-electron chi connectivity index (χ1n) is 6.77. The van der Waals surface area contributed by atoms with Crippen molar-refractivity contribution in [2.24, 2.45) is 5.92 Å². The lowest BCUT2D eigenvalue weighted by atomic mass is 10.1. The molecule has 3 nitrogen and oxygen atoms in total. The molecule has 1 aliphatic carbocycles. The summed E-state index contributed by atoms with van der Waals surface area (Å²) in [5.74, 6) is 0.879. The molecule has 18 heavy (non-hydrogen) atoms. The maximum Gasteiger partial charge on any atom is 0.224 e. The van der Waals surface area contributed by atoms with Crippen molar-refractivity contribution >= 4 is 17.3 Å². The molecule has 1 unspecified atom stereocenters. The summed E-state index contributed by atoms with van der Waals surface area (Å²) in [5, 5.41) is 6.49. The number of carbonyl (C=O) groups is 1. The second-order valence-corrected chi connectivity index (χ2v) is 5.15. The largest absolute Gasteiger partial charge is 0.382 e. The van der Waals surface area contributed by atoms with Crippen molar-refractivity contribution in [1.29, 1.82) is 0 Å². The molecular formula is C15H22N2O. The number of nitrogens with one attached hydrogen (secondary N) is 2. The standard InChI is InChI=1S/C15H22N2O/c1-4-15(18)17-14-7-5-6-13(10(14)2)16-11(3)12-8-9-12/h5-7,11-12,16H,4,8-9H2,1-3H3,(H,17,18). The lowest BCUT2D eigenvalue weighted by molar-refractivity contribution is -0.115. The van der Waals surface area contributed by atoms with Crippen LogP contribution in [0.2, 0.25) is 0 Å². The topological polar surface area (TPSA) is 41.1 Å². The fourth-order valence-corrected chi connectivity index (χ4v) is 2.13. The Morgan fingerprint density at radius 1 is 1.39 bits per heavy atom. The van der Waals surface area contributed by atoms with E-state index in [1.807, 2.05) is 26.0 Å². The van der Waals surface area contributed by atoms with Crippen LogP contribution in [0.5, 0.6) is 0 Å². The van der Waals surface area contributed by atoms with Gasteiger partial charge in [-0.3, -0.25) is 4.79 Å². The van der Waals surface area contributed by atoms with E-state index in [1.165, 1.54) is 12.8 Å². The van der Waals surface area contributed by atoms with Crippen LogP contribution in [0.1, 0.15) is 38.7 Å². The Balaban J connectivity index is 2.10. The van der Waals surface area contributed by atoms with Gasteiger partial charge in [-0.2, -0.15) is 0 Å². The third kappa shape index (κ3) is 3.03. The van der Waals surface area contributed by atoms with E-state index in [-0.39, 0.29) is 5.91 Å². The average molecular weight is 246 g/mol. The SMILES string of the molecule is CCC(=O)Nc1cccc(NC(C)C2CC2)c1C. The Kier molecular flexibility index (Phi) is 3.90. The quantitative estimate of drug-likeness (QED) is 0.834. The van der Waals surface area contributed by atoms with E-state index < -0.39 is 0 Å². The number of anilines is 2. The zero-order valence-electron chi connectivity index (χ0n) is 11.4. The summed E-state index contributed by atoms with van der Waals surface area (Å²) in [6.07, 6.45) is 3.18. The molecule has 0 aliphatic heterocycles. The summed E-state index contributed by atoms with van der Waals surface area (Å²) >= 11 is 0. The molecule has 0 bridgehead atoms. The van der Waals surface area contributed by atoms with Crippen molar-refractivity contribution in [1.82, 2.24) is 0 Å². The Morgan fingerprint density at radius 2 is 2.06 bits per heavy atom. The molecule has 1 atom stereocenters. The molecule has 98 valence electrons. The maximum absolute atomic E-state index is 11.5. The summed E-state index contributed by atoms with van der Waals surface area (Å²) in [5.41, 5.74) is 3.16. The van der Waals surface area contributed by atoms with E-state index in [1.54, 1.807) is 0 Å². The molecule has 0 saturated heterocycles. The summed E-state index contributed by atoms with van der Waals surface area (Å²) in [7, 11) is 0. The van der Waals surface area contributed by atoms with Crippen molar-refractivity contribution in [3.63, 3.8) is 0 Å². The van der Waals surface area contributed by atoms with Gasteiger partial charge in [0, 0.05) is 23.8 Å². The highest BCUT2D eigenvalue weighted by Crippen LogP contribution is 2.35. The summed E-state index contributed by atoms with van der Waals surface area (Å²) in [6, 6.07) is 6.53. The molecule has 1 aliphatic rings. The lowest BCUT2D eigenvalue weighted by Gasteiger charge is -2.18. The van der Waals surface area contributed by atoms with Gasteiger partial charge in [-0.05, 0) is 50.3 Å². The third-order valence-corrected chi connectivity index (χ3v) is 3.64. The fourth-order valence-electron chi connectivity index (χ4n) is 2.13. The van der Waals surface area contributed by atoms with E-state index in [2.05, 4.69) is 23.6 Å². The minimum atomic E-state index is 0.0606. The first kappa shape index (κ1) is 12.9. The average Bonchev–Trinajstić information content (AvgIpc) is 3.18. The van der Waals surface area contributed by atoms with Gasteiger partial charge in [0.2, 0.25) is 5.91 Å². The first-order valence-corrected chi connectivity index (χ1v) is 6.77. The van der Waals surface area contributed by atoms with E-state index in [0.717, 1.165) is 22.9 Å². The van der Waals surface area contributed by atoms with E-state index in [9.17, 15) is 4.79 Å². The van der Waals surface area contributed by atoms with Gasteiger partial charge in [-0.25, -0.2) is 0 Å². The van der Waals surface area contributed by atoms with Crippen LogP contribution in [0.4, 0.5) is 11.4 Å². The van der Waals surface area contributed by atoms with Crippen LogP contribution < -0.4 is 10.6 Å². The van der Waals surface area contributed by atoms with Crippen LogP contribution in [-0.4, -0.2) is 11.9 Å². The molecular weight excluding hydrogens is 224 g/mol. The van der Waals surface area contributed by atoms with E-state index in [4.69, 9.17) is 0 Å². The Labute approximate surface area is 109 Å². The normalized spacial score (nSPS) is 16.2. The number of amides is 1. The highest BCUT2D eigenvalue weighted by atomic mass is 16.1. The molecule has 2 N–H and O–H groups in total. The van der Waals surface area contributed by atoms with Crippen molar-refractivity contribution < 1.29 is 4.79 Å². The molecule has 0 heterocycles. The predicted octanol–water partition coefficient (Wildman–Crippen LogP) is 3.55. The van der Waals surface area contributed by atoms with Crippen LogP contribution in [0, 0.1) is 12.8 Å². The number of hydrogen-bond donors (Lipinski definition) is 2. The van der Waals surface area contributed by atoms with Gasteiger partial charge < -0.3 is 10.6 Å². The van der Waals surface area contributed by atoms with Crippen LogP contribution in [0.3, 0.4) is 0 Å². The number of hydrogen-bond acceptors (Lipinski definition) is 2. The molecule has 1 aromatic carbocycles. The Morgan fingerprint density at radius 3 is 2.67 bits per heavy atom. The monoisotopic (exact) mass is 246 g/mol. The highest BCUT2D eigenvalue weighted by Gasteiger charge is 2.28. The molecule has 0 spiro atoms. The molecule has 3 heteroatoms. The highest BCUT2D eigenvalue weighted by molar-refractivity contribution is 5.92. The van der Waals surface area contributed by atoms with Gasteiger partial charge in [0.1, 0.15) is 0 Å². The number of rotatable bonds is 5. The summed E-state index contributed by atoms with van der Waals surface area (Å²) in [6.45, 7) is 6.14.